The normalized spacial score (nSPS) is 22.2. The summed E-state index contributed by atoms with van der Waals surface area (Å²) in [5.74, 6) is 1.21. The zero-order chi connectivity index (χ0) is 18.0. The number of benzene rings is 1. The Morgan fingerprint density at radius 2 is 1.72 bits per heavy atom. The van der Waals surface area contributed by atoms with Gasteiger partial charge in [0.2, 0.25) is 10.0 Å². The van der Waals surface area contributed by atoms with Crippen molar-refractivity contribution < 1.29 is 13.2 Å². The van der Waals surface area contributed by atoms with Gasteiger partial charge < -0.3 is 9.64 Å². The van der Waals surface area contributed by atoms with Crippen LogP contribution in [0, 0.1) is 5.92 Å². The summed E-state index contributed by atoms with van der Waals surface area (Å²) in [6.07, 6.45) is 4.34. The summed E-state index contributed by atoms with van der Waals surface area (Å²) in [7, 11) is -2.01. The van der Waals surface area contributed by atoms with E-state index < -0.39 is 10.0 Å². The van der Waals surface area contributed by atoms with Gasteiger partial charge in [0, 0.05) is 23.6 Å². The monoisotopic (exact) mass is 430 g/mol. The van der Waals surface area contributed by atoms with E-state index in [0.717, 1.165) is 36.3 Å². The molecule has 0 N–H and O–H groups in total. The number of halogens is 1. The summed E-state index contributed by atoms with van der Waals surface area (Å²) in [4.78, 5) is 2.81. The molecule has 0 bridgehead atoms. The Bertz CT molecular complexity index is 694. The number of methoxy groups -OCH3 is 1. The third-order valence-corrected chi connectivity index (χ3v) is 7.93. The Balaban J connectivity index is 1.68. The minimum atomic E-state index is -3.52. The van der Waals surface area contributed by atoms with Crippen LogP contribution in [0.5, 0.6) is 5.75 Å². The van der Waals surface area contributed by atoms with Gasteiger partial charge in [-0.15, -0.1) is 0 Å². The molecule has 0 amide bonds. The predicted octanol–water partition coefficient (Wildman–Crippen LogP) is 3.34. The lowest BCUT2D eigenvalue weighted by molar-refractivity contribution is 0.101. The highest BCUT2D eigenvalue weighted by Crippen LogP contribution is 2.32. The van der Waals surface area contributed by atoms with E-state index in [-0.39, 0.29) is 4.90 Å². The fraction of sp³-hybridized carbons (Fsp3) is 0.667. The van der Waals surface area contributed by atoms with Crippen molar-refractivity contribution in [2.24, 2.45) is 5.92 Å². The van der Waals surface area contributed by atoms with E-state index in [2.05, 4.69) is 27.8 Å². The first kappa shape index (κ1) is 19.1. The van der Waals surface area contributed by atoms with Gasteiger partial charge in [-0.25, -0.2) is 8.42 Å². The van der Waals surface area contributed by atoms with E-state index in [1.807, 2.05) is 0 Å². The highest BCUT2D eigenvalue weighted by Gasteiger charge is 2.34. The lowest BCUT2D eigenvalue weighted by Gasteiger charge is -2.41. The fourth-order valence-corrected chi connectivity index (χ4v) is 5.78. The fourth-order valence-electron chi connectivity index (χ4n) is 3.83. The van der Waals surface area contributed by atoms with E-state index in [0.29, 0.717) is 24.9 Å². The molecular formula is C18H27BrN2O3S. The minimum absolute atomic E-state index is 0.253. The van der Waals surface area contributed by atoms with Gasteiger partial charge >= 0.3 is 0 Å². The molecule has 7 heteroatoms. The number of ether oxygens (including phenoxy) is 1. The highest BCUT2D eigenvalue weighted by molar-refractivity contribution is 9.10. The second-order valence-corrected chi connectivity index (χ2v) is 9.97. The molecular weight excluding hydrogens is 404 g/mol. The SMILES string of the molecule is COc1cc(Br)ccc1S(=O)(=O)N1CCC(N2CCC(C)CC2)CC1. The van der Waals surface area contributed by atoms with Gasteiger partial charge in [0.25, 0.3) is 0 Å². The van der Waals surface area contributed by atoms with Crippen LogP contribution in [0.1, 0.15) is 32.6 Å². The van der Waals surface area contributed by atoms with Crippen molar-refractivity contribution in [2.45, 2.75) is 43.5 Å². The lowest BCUT2D eigenvalue weighted by atomic mass is 9.95. The van der Waals surface area contributed by atoms with Gasteiger partial charge in [0.1, 0.15) is 10.6 Å². The third-order valence-electron chi connectivity index (χ3n) is 5.50. The summed E-state index contributed by atoms with van der Waals surface area (Å²) < 4.78 is 33.7. The van der Waals surface area contributed by atoms with Gasteiger partial charge in [-0.3, -0.25) is 0 Å². The van der Waals surface area contributed by atoms with Crippen LogP contribution in [-0.2, 0) is 10.0 Å². The van der Waals surface area contributed by atoms with E-state index >= 15 is 0 Å². The molecule has 2 aliphatic heterocycles. The molecule has 3 rings (SSSR count). The highest BCUT2D eigenvalue weighted by atomic mass is 79.9. The molecule has 0 saturated carbocycles. The maximum atomic E-state index is 13.0. The van der Waals surface area contributed by atoms with Crippen molar-refractivity contribution in [2.75, 3.05) is 33.3 Å². The topological polar surface area (TPSA) is 49.9 Å². The summed E-state index contributed by atoms with van der Waals surface area (Å²) in [5.41, 5.74) is 0. The molecule has 0 unspecified atom stereocenters. The molecule has 1 aromatic carbocycles. The van der Waals surface area contributed by atoms with Gasteiger partial charge in [-0.1, -0.05) is 22.9 Å². The Kier molecular flexibility index (Phi) is 6.08. The molecule has 0 atom stereocenters. The number of nitrogens with zero attached hydrogens (tertiary/aromatic N) is 2. The molecule has 0 aliphatic carbocycles. The molecule has 2 heterocycles. The summed E-state index contributed by atoms with van der Waals surface area (Å²) in [5, 5.41) is 0. The first-order valence-electron chi connectivity index (χ1n) is 8.99. The molecule has 0 spiro atoms. The molecule has 1 aromatic rings. The number of sulfonamides is 1. The van der Waals surface area contributed by atoms with Crippen molar-refractivity contribution in [1.82, 2.24) is 9.21 Å². The van der Waals surface area contributed by atoms with Gasteiger partial charge in [0.15, 0.2) is 0 Å². The molecule has 2 fully saturated rings. The van der Waals surface area contributed by atoms with Gasteiger partial charge in [0.05, 0.1) is 7.11 Å². The van der Waals surface area contributed by atoms with Crippen LogP contribution in [-0.4, -0.2) is 57.0 Å². The van der Waals surface area contributed by atoms with Crippen LogP contribution in [0.2, 0.25) is 0 Å². The molecule has 5 nitrogen and oxygen atoms in total. The Morgan fingerprint density at radius 3 is 2.32 bits per heavy atom. The molecule has 0 aromatic heterocycles. The first-order valence-corrected chi connectivity index (χ1v) is 11.2. The van der Waals surface area contributed by atoms with Crippen LogP contribution in [0.3, 0.4) is 0 Å². The van der Waals surface area contributed by atoms with Crippen LogP contribution in [0.15, 0.2) is 27.6 Å². The Hall–Kier alpha value is -0.630. The van der Waals surface area contributed by atoms with Crippen LogP contribution in [0.4, 0.5) is 0 Å². The third kappa shape index (κ3) is 4.21. The average molecular weight is 431 g/mol. The van der Waals surface area contributed by atoms with Crippen LogP contribution >= 0.6 is 15.9 Å². The summed E-state index contributed by atoms with van der Waals surface area (Å²) in [6.45, 7) is 5.78. The minimum Gasteiger partial charge on any atom is -0.495 e. The maximum absolute atomic E-state index is 13.0. The summed E-state index contributed by atoms with van der Waals surface area (Å²) in [6, 6.07) is 5.59. The van der Waals surface area contributed by atoms with Gasteiger partial charge in [-0.05, 0) is 62.9 Å². The molecule has 25 heavy (non-hydrogen) atoms. The zero-order valence-corrected chi connectivity index (χ0v) is 17.4. The van der Waals surface area contributed by atoms with E-state index in [4.69, 9.17) is 4.74 Å². The smallest absolute Gasteiger partial charge is 0.246 e. The van der Waals surface area contributed by atoms with Crippen molar-refractivity contribution >= 4 is 26.0 Å². The number of hydrogen-bond acceptors (Lipinski definition) is 4. The van der Waals surface area contributed by atoms with Gasteiger partial charge in [-0.2, -0.15) is 4.31 Å². The van der Waals surface area contributed by atoms with E-state index in [1.54, 1.807) is 22.5 Å². The first-order chi connectivity index (χ1) is 11.9. The molecule has 2 aliphatic rings. The Morgan fingerprint density at radius 1 is 1.08 bits per heavy atom. The van der Waals surface area contributed by atoms with Crippen molar-refractivity contribution in [3.63, 3.8) is 0 Å². The van der Waals surface area contributed by atoms with Crippen molar-refractivity contribution in [3.05, 3.63) is 22.7 Å². The average Bonchev–Trinajstić information content (AvgIpc) is 2.62. The second kappa shape index (κ2) is 7.94. The molecule has 2 saturated heterocycles. The maximum Gasteiger partial charge on any atom is 0.246 e. The quantitative estimate of drug-likeness (QED) is 0.734. The zero-order valence-electron chi connectivity index (χ0n) is 14.9. The molecule has 0 radical (unpaired) electrons. The molecule has 140 valence electrons. The predicted molar refractivity (Wildman–Crippen MR) is 102 cm³/mol. The Labute approximate surface area is 159 Å². The largest absolute Gasteiger partial charge is 0.495 e. The lowest BCUT2D eigenvalue weighted by Crippen LogP contribution is -2.48. The van der Waals surface area contributed by atoms with E-state index in [1.165, 1.54) is 20.0 Å². The van der Waals surface area contributed by atoms with Crippen molar-refractivity contribution in [3.8, 4) is 5.75 Å². The summed E-state index contributed by atoms with van der Waals surface area (Å²) >= 11 is 3.36. The number of hydrogen-bond donors (Lipinski definition) is 0. The standard InChI is InChI=1S/C18H27BrN2O3S/c1-14-5-9-20(10-6-14)16-7-11-21(12-8-16)25(22,23)18-4-3-15(19)13-17(18)24-2/h3-4,13-14,16H,5-12H2,1-2H3. The number of rotatable bonds is 4. The van der Waals surface area contributed by atoms with Crippen molar-refractivity contribution in [1.29, 1.82) is 0 Å². The number of piperidine rings is 2. The van der Waals surface area contributed by atoms with E-state index in [9.17, 15) is 8.42 Å². The van der Waals surface area contributed by atoms with Crippen LogP contribution in [0.25, 0.3) is 0 Å². The number of likely N-dealkylation sites (tertiary alicyclic amines) is 1. The second-order valence-electron chi connectivity index (χ2n) is 7.15. The van der Waals surface area contributed by atoms with Crippen LogP contribution < -0.4 is 4.74 Å².